The molecule has 0 aliphatic heterocycles. The van der Waals surface area contributed by atoms with E-state index in [4.69, 9.17) is 0 Å². The van der Waals surface area contributed by atoms with Crippen LogP contribution in [0.2, 0.25) is 0 Å². The minimum absolute atomic E-state index is 1.07. The number of hydrogen-bond donors (Lipinski definition) is 1. The number of anilines is 5. The van der Waals surface area contributed by atoms with Gasteiger partial charge in [0.1, 0.15) is 0 Å². The normalized spacial score (nSPS) is 11.3. The van der Waals surface area contributed by atoms with E-state index in [1.807, 2.05) is 11.3 Å². The minimum atomic E-state index is 1.07. The van der Waals surface area contributed by atoms with Gasteiger partial charge in [0.05, 0.1) is 0 Å². The molecule has 8 rings (SSSR count). The second-order valence-corrected chi connectivity index (χ2v) is 11.8. The van der Waals surface area contributed by atoms with Crippen molar-refractivity contribution in [1.29, 1.82) is 0 Å². The first-order valence-corrected chi connectivity index (χ1v) is 15.3. The van der Waals surface area contributed by atoms with Crippen molar-refractivity contribution in [3.8, 4) is 11.1 Å². The fraction of sp³-hybridized carbons (Fsp3) is 0. The third kappa shape index (κ3) is 4.80. The highest BCUT2D eigenvalue weighted by molar-refractivity contribution is 7.26. The highest BCUT2D eigenvalue weighted by Gasteiger charge is 2.12. The Labute approximate surface area is 255 Å². The Morgan fingerprint density at radius 1 is 0.419 bits per heavy atom. The molecule has 1 N–H and O–H groups in total. The second-order valence-electron chi connectivity index (χ2n) is 10.7. The summed E-state index contributed by atoms with van der Waals surface area (Å²) in [4.78, 5) is 2.28. The fourth-order valence-corrected chi connectivity index (χ4v) is 7.10. The molecule has 3 heteroatoms. The summed E-state index contributed by atoms with van der Waals surface area (Å²) in [5, 5.41) is 8.90. The molecule has 0 saturated heterocycles. The van der Waals surface area contributed by atoms with Crippen LogP contribution in [0.15, 0.2) is 164 Å². The van der Waals surface area contributed by atoms with Crippen LogP contribution in [-0.2, 0) is 0 Å². The molecule has 43 heavy (non-hydrogen) atoms. The molecule has 0 unspecified atom stereocenters. The standard InChI is InChI=1S/C40H28N2S/c1-3-10-33(11-4-1)42(34-12-5-2-6-13-34)35-23-17-29(18-24-35)28-15-20-31(21-16-28)41-32-22-25-37-39(27-32)43-38-26-19-30-9-7-8-14-36(30)40(37)38/h1-27,41H. The summed E-state index contributed by atoms with van der Waals surface area (Å²) in [5.41, 5.74) is 7.96. The molecule has 8 aromatic rings. The van der Waals surface area contributed by atoms with Gasteiger partial charge >= 0.3 is 0 Å². The van der Waals surface area contributed by atoms with Crippen LogP contribution in [0.1, 0.15) is 0 Å². The predicted octanol–water partition coefficient (Wildman–Crippen LogP) is 12.1. The molecule has 0 amide bonds. The number of rotatable bonds is 6. The molecule has 7 aromatic carbocycles. The van der Waals surface area contributed by atoms with Gasteiger partial charge in [-0.25, -0.2) is 0 Å². The lowest BCUT2D eigenvalue weighted by atomic mass is 10.0. The summed E-state index contributed by atoms with van der Waals surface area (Å²) in [6.45, 7) is 0. The third-order valence-electron chi connectivity index (χ3n) is 8.02. The van der Waals surface area contributed by atoms with Crippen LogP contribution < -0.4 is 10.2 Å². The van der Waals surface area contributed by atoms with Gasteiger partial charge in [0, 0.05) is 48.6 Å². The van der Waals surface area contributed by atoms with Gasteiger partial charge in [-0.15, -0.1) is 11.3 Å². The van der Waals surface area contributed by atoms with Gasteiger partial charge in [0.25, 0.3) is 0 Å². The van der Waals surface area contributed by atoms with Crippen LogP contribution in [0.4, 0.5) is 28.4 Å². The van der Waals surface area contributed by atoms with Gasteiger partial charge in [-0.2, -0.15) is 0 Å². The first-order chi connectivity index (χ1) is 21.3. The summed E-state index contributed by atoms with van der Waals surface area (Å²) >= 11 is 1.86. The van der Waals surface area contributed by atoms with Crippen LogP contribution in [-0.4, -0.2) is 0 Å². The number of para-hydroxylation sites is 2. The quantitative estimate of drug-likeness (QED) is 0.215. The SMILES string of the molecule is c1ccc(N(c2ccccc2)c2ccc(-c3ccc(Nc4ccc5c(c4)sc4ccc6ccccc6c45)cc3)cc2)cc1. The van der Waals surface area contributed by atoms with Crippen LogP contribution in [0.25, 0.3) is 42.1 Å². The Hall–Kier alpha value is -5.38. The van der Waals surface area contributed by atoms with Gasteiger partial charge in [0.15, 0.2) is 0 Å². The van der Waals surface area contributed by atoms with Crippen molar-refractivity contribution in [3.05, 3.63) is 164 Å². The molecular formula is C40H28N2S. The maximum absolute atomic E-state index is 3.62. The number of nitrogens with one attached hydrogen (secondary N) is 1. The number of nitrogens with zero attached hydrogens (tertiary/aromatic N) is 1. The lowest BCUT2D eigenvalue weighted by Gasteiger charge is -2.25. The molecule has 0 aliphatic rings. The molecule has 0 fully saturated rings. The van der Waals surface area contributed by atoms with Crippen molar-refractivity contribution < 1.29 is 0 Å². The summed E-state index contributed by atoms with van der Waals surface area (Å²) in [5.74, 6) is 0. The zero-order valence-corrected chi connectivity index (χ0v) is 24.3. The van der Waals surface area contributed by atoms with E-state index in [0.29, 0.717) is 0 Å². The van der Waals surface area contributed by atoms with Crippen molar-refractivity contribution in [2.75, 3.05) is 10.2 Å². The number of fused-ring (bicyclic) bond motifs is 5. The Balaban J connectivity index is 1.04. The first-order valence-electron chi connectivity index (χ1n) is 14.5. The Morgan fingerprint density at radius 2 is 1.00 bits per heavy atom. The molecule has 0 saturated carbocycles. The van der Waals surface area contributed by atoms with Crippen molar-refractivity contribution in [2.24, 2.45) is 0 Å². The van der Waals surface area contributed by atoms with E-state index in [0.717, 1.165) is 28.4 Å². The van der Waals surface area contributed by atoms with E-state index in [1.165, 1.54) is 42.1 Å². The van der Waals surface area contributed by atoms with Crippen LogP contribution in [0.3, 0.4) is 0 Å². The van der Waals surface area contributed by atoms with E-state index >= 15 is 0 Å². The van der Waals surface area contributed by atoms with Crippen LogP contribution in [0.5, 0.6) is 0 Å². The second kappa shape index (κ2) is 10.8. The molecule has 0 atom stereocenters. The van der Waals surface area contributed by atoms with Crippen molar-refractivity contribution in [3.63, 3.8) is 0 Å². The van der Waals surface area contributed by atoms with Crippen molar-refractivity contribution >= 4 is 70.7 Å². The zero-order valence-electron chi connectivity index (χ0n) is 23.4. The highest BCUT2D eigenvalue weighted by Crippen LogP contribution is 2.40. The third-order valence-corrected chi connectivity index (χ3v) is 9.14. The van der Waals surface area contributed by atoms with Gasteiger partial charge in [-0.3, -0.25) is 0 Å². The first kappa shape index (κ1) is 25.3. The Bertz CT molecular complexity index is 2140. The number of hydrogen-bond acceptors (Lipinski definition) is 3. The Morgan fingerprint density at radius 3 is 1.70 bits per heavy atom. The topological polar surface area (TPSA) is 15.3 Å². The van der Waals surface area contributed by atoms with Gasteiger partial charge < -0.3 is 10.2 Å². The molecule has 0 aliphatic carbocycles. The smallest absolute Gasteiger partial charge is 0.0462 e. The van der Waals surface area contributed by atoms with Gasteiger partial charge in [-0.05, 0) is 88.6 Å². The predicted molar refractivity (Wildman–Crippen MR) is 187 cm³/mol. The summed E-state index contributed by atoms with van der Waals surface area (Å²) in [7, 11) is 0. The monoisotopic (exact) mass is 568 g/mol. The van der Waals surface area contributed by atoms with Gasteiger partial charge in [-0.1, -0.05) is 97.1 Å². The summed E-state index contributed by atoms with van der Waals surface area (Å²) in [6, 6.07) is 58.4. The fourth-order valence-electron chi connectivity index (χ4n) is 5.94. The average Bonchev–Trinajstić information content (AvgIpc) is 3.45. The molecule has 1 aromatic heterocycles. The molecule has 0 bridgehead atoms. The van der Waals surface area contributed by atoms with E-state index in [2.05, 4.69) is 174 Å². The molecule has 2 nitrogen and oxygen atoms in total. The maximum atomic E-state index is 3.62. The maximum Gasteiger partial charge on any atom is 0.0462 e. The molecule has 204 valence electrons. The van der Waals surface area contributed by atoms with E-state index in [1.54, 1.807) is 0 Å². The lowest BCUT2D eigenvalue weighted by molar-refractivity contribution is 1.28. The largest absolute Gasteiger partial charge is 0.355 e. The van der Waals surface area contributed by atoms with Crippen LogP contribution in [0, 0.1) is 0 Å². The van der Waals surface area contributed by atoms with E-state index < -0.39 is 0 Å². The Kier molecular flexibility index (Phi) is 6.36. The highest BCUT2D eigenvalue weighted by atomic mass is 32.1. The molecule has 0 radical (unpaired) electrons. The average molecular weight is 569 g/mol. The lowest BCUT2D eigenvalue weighted by Crippen LogP contribution is -2.09. The number of benzene rings is 7. The summed E-state index contributed by atoms with van der Waals surface area (Å²) in [6.07, 6.45) is 0. The molecular weight excluding hydrogens is 541 g/mol. The van der Waals surface area contributed by atoms with Crippen molar-refractivity contribution in [2.45, 2.75) is 0 Å². The van der Waals surface area contributed by atoms with Crippen molar-refractivity contribution in [1.82, 2.24) is 0 Å². The minimum Gasteiger partial charge on any atom is -0.355 e. The molecule has 1 heterocycles. The van der Waals surface area contributed by atoms with Gasteiger partial charge in [0.2, 0.25) is 0 Å². The van der Waals surface area contributed by atoms with E-state index in [-0.39, 0.29) is 0 Å². The van der Waals surface area contributed by atoms with E-state index in [9.17, 15) is 0 Å². The number of thiophene rings is 1. The summed E-state index contributed by atoms with van der Waals surface area (Å²) < 4.78 is 2.63. The van der Waals surface area contributed by atoms with Crippen LogP contribution >= 0.6 is 11.3 Å². The molecule has 0 spiro atoms. The zero-order chi connectivity index (χ0) is 28.6.